The number of carbonyl (C=O) groups is 1. The van der Waals surface area contributed by atoms with Crippen LogP contribution in [0.3, 0.4) is 0 Å². The fourth-order valence-corrected chi connectivity index (χ4v) is 3.28. The van der Waals surface area contributed by atoms with Crippen LogP contribution in [-0.4, -0.2) is 48.2 Å². The lowest BCUT2D eigenvalue weighted by Gasteiger charge is -2.08. The molecule has 0 fully saturated rings. The predicted molar refractivity (Wildman–Crippen MR) is 82.6 cm³/mol. The molecule has 20 heavy (non-hydrogen) atoms. The monoisotopic (exact) mass is 314 g/mol. The van der Waals surface area contributed by atoms with Crippen molar-refractivity contribution >= 4 is 40.7 Å². The number of carboxylic acids is 1. The van der Waals surface area contributed by atoms with Crippen molar-refractivity contribution in [3.05, 3.63) is 5.69 Å². The third-order valence-electron chi connectivity index (χ3n) is 2.91. The summed E-state index contributed by atoms with van der Waals surface area (Å²) in [5.74, 6) is 0.269. The smallest absolute Gasteiger partial charge is 0.313 e. The zero-order chi connectivity index (χ0) is 14.7. The molecule has 2 aromatic rings. The molecule has 0 saturated carbocycles. The number of aryl methyl sites for hydroxylation is 3. The molecule has 0 spiro atoms. The number of rotatable bonds is 7. The zero-order valence-electron chi connectivity index (χ0n) is 11.8. The Morgan fingerprint density at radius 2 is 2.20 bits per heavy atom. The molecule has 0 aliphatic carbocycles. The van der Waals surface area contributed by atoms with E-state index in [9.17, 15) is 4.79 Å². The van der Waals surface area contributed by atoms with E-state index in [-0.39, 0.29) is 5.75 Å². The quantitative estimate of drug-likeness (QED) is 0.622. The van der Waals surface area contributed by atoms with Crippen LogP contribution in [0.2, 0.25) is 0 Å². The molecule has 0 unspecified atom stereocenters. The number of thioether (sulfide) groups is 2. The second-order valence-corrected chi connectivity index (χ2v) is 6.38. The Bertz CT molecular complexity index is 621. The summed E-state index contributed by atoms with van der Waals surface area (Å²) in [6, 6.07) is 0. The Balaban J connectivity index is 2.35. The van der Waals surface area contributed by atoms with Gasteiger partial charge in [0.1, 0.15) is 5.52 Å². The van der Waals surface area contributed by atoms with Crippen LogP contribution in [0.1, 0.15) is 12.1 Å². The summed E-state index contributed by atoms with van der Waals surface area (Å²) >= 11 is 3.07. The van der Waals surface area contributed by atoms with Crippen LogP contribution in [-0.2, 0) is 18.4 Å². The van der Waals surface area contributed by atoms with Crippen molar-refractivity contribution in [1.29, 1.82) is 0 Å². The number of imidazole rings is 1. The van der Waals surface area contributed by atoms with Crippen LogP contribution < -0.4 is 0 Å². The number of carboxylic acid groups (broad SMARTS) is 1. The van der Waals surface area contributed by atoms with Gasteiger partial charge in [0.05, 0.1) is 11.4 Å². The zero-order valence-corrected chi connectivity index (χ0v) is 13.4. The van der Waals surface area contributed by atoms with E-state index in [0.29, 0.717) is 0 Å². The van der Waals surface area contributed by atoms with Crippen LogP contribution in [0.25, 0.3) is 11.2 Å². The lowest BCUT2D eigenvalue weighted by molar-refractivity contribution is -0.133. The molecule has 6 nitrogen and oxygen atoms in total. The molecule has 0 aliphatic heterocycles. The topological polar surface area (TPSA) is 72.9 Å². The van der Waals surface area contributed by atoms with Crippen molar-refractivity contribution in [2.24, 2.45) is 7.05 Å². The highest BCUT2D eigenvalue weighted by Gasteiger charge is 2.18. The standard InChI is InChI=1S/C12H18N4O2S2/c1-8-10-11(15(2)14-8)16(5-4-6-19-3)12(13-10)20-7-9(17)18/h4-7H2,1-3H3,(H,17,18). The molecular formula is C12H18N4O2S2. The summed E-state index contributed by atoms with van der Waals surface area (Å²) in [6.07, 6.45) is 3.11. The van der Waals surface area contributed by atoms with E-state index in [1.165, 1.54) is 11.8 Å². The maximum atomic E-state index is 10.8. The van der Waals surface area contributed by atoms with E-state index in [0.717, 1.165) is 40.7 Å². The molecule has 110 valence electrons. The Hall–Kier alpha value is -1.15. The van der Waals surface area contributed by atoms with Gasteiger partial charge in [0, 0.05) is 13.6 Å². The van der Waals surface area contributed by atoms with Gasteiger partial charge in [0.25, 0.3) is 0 Å². The van der Waals surface area contributed by atoms with Gasteiger partial charge in [0.15, 0.2) is 10.8 Å². The first-order chi connectivity index (χ1) is 9.54. The summed E-state index contributed by atoms with van der Waals surface area (Å²) in [5.41, 5.74) is 2.71. The second-order valence-electron chi connectivity index (χ2n) is 4.46. The molecule has 0 radical (unpaired) electrons. The van der Waals surface area contributed by atoms with E-state index in [1.807, 2.05) is 18.7 Å². The normalized spacial score (nSPS) is 11.3. The largest absolute Gasteiger partial charge is 0.481 e. The minimum Gasteiger partial charge on any atom is -0.481 e. The highest BCUT2D eigenvalue weighted by molar-refractivity contribution is 7.99. The third kappa shape index (κ3) is 3.12. The van der Waals surface area contributed by atoms with E-state index < -0.39 is 5.97 Å². The van der Waals surface area contributed by atoms with Gasteiger partial charge in [0.2, 0.25) is 0 Å². The van der Waals surface area contributed by atoms with Crippen LogP contribution in [0, 0.1) is 6.92 Å². The van der Waals surface area contributed by atoms with E-state index in [1.54, 1.807) is 11.8 Å². The highest BCUT2D eigenvalue weighted by Crippen LogP contribution is 2.26. The minimum absolute atomic E-state index is 0.0261. The molecular weight excluding hydrogens is 296 g/mol. The van der Waals surface area contributed by atoms with Crippen molar-refractivity contribution in [3.8, 4) is 0 Å². The van der Waals surface area contributed by atoms with Crippen molar-refractivity contribution in [1.82, 2.24) is 19.3 Å². The van der Waals surface area contributed by atoms with Crippen molar-refractivity contribution < 1.29 is 9.90 Å². The first kappa shape index (κ1) is 15.2. The third-order valence-corrected chi connectivity index (χ3v) is 4.57. The predicted octanol–water partition coefficient (Wildman–Crippen LogP) is 2.01. The van der Waals surface area contributed by atoms with Gasteiger partial charge in [-0.3, -0.25) is 9.48 Å². The Morgan fingerprint density at radius 3 is 2.85 bits per heavy atom. The van der Waals surface area contributed by atoms with Gasteiger partial charge in [-0.1, -0.05) is 11.8 Å². The Morgan fingerprint density at radius 1 is 1.45 bits per heavy atom. The molecule has 0 amide bonds. The maximum Gasteiger partial charge on any atom is 0.313 e. The van der Waals surface area contributed by atoms with Gasteiger partial charge in [-0.15, -0.1) is 0 Å². The number of fused-ring (bicyclic) bond motifs is 1. The average molecular weight is 314 g/mol. The Labute approximate surface area is 125 Å². The van der Waals surface area contributed by atoms with Gasteiger partial charge in [-0.05, 0) is 25.4 Å². The number of hydrogen-bond acceptors (Lipinski definition) is 5. The summed E-state index contributed by atoms with van der Waals surface area (Å²) in [5, 5.41) is 14.0. The summed E-state index contributed by atoms with van der Waals surface area (Å²) in [7, 11) is 1.90. The summed E-state index contributed by atoms with van der Waals surface area (Å²) in [6.45, 7) is 2.76. The molecule has 8 heteroatoms. The molecule has 0 aliphatic rings. The maximum absolute atomic E-state index is 10.8. The molecule has 2 rings (SSSR count). The lowest BCUT2D eigenvalue weighted by Crippen LogP contribution is -2.07. The molecule has 0 bridgehead atoms. The fraction of sp³-hybridized carbons (Fsp3) is 0.583. The fourth-order valence-electron chi connectivity index (χ4n) is 2.12. The number of hydrogen-bond donors (Lipinski definition) is 1. The van der Waals surface area contributed by atoms with Crippen LogP contribution in [0.4, 0.5) is 0 Å². The molecule has 0 atom stereocenters. The van der Waals surface area contributed by atoms with Gasteiger partial charge < -0.3 is 9.67 Å². The van der Waals surface area contributed by atoms with Crippen molar-refractivity contribution in [3.63, 3.8) is 0 Å². The number of aromatic nitrogens is 4. The molecule has 1 N–H and O–H groups in total. The molecule has 2 heterocycles. The lowest BCUT2D eigenvalue weighted by atomic mass is 10.4. The molecule has 2 aromatic heterocycles. The first-order valence-electron chi connectivity index (χ1n) is 6.28. The van der Waals surface area contributed by atoms with Gasteiger partial charge in [-0.2, -0.15) is 16.9 Å². The van der Waals surface area contributed by atoms with Crippen molar-refractivity contribution in [2.75, 3.05) is 17.8 Å². The SMILES string of the molecule is CSCCCn1c(SCC(=O)O)nc2c(C)nn(C)c21. The van der Waals surface area contributed by atoms with Crippen LogP contribution in [0.15, 0.2) is 5.16 Å². The van der Waals surface area contributed by atoms with E-state index in [4.69, 9.17) is 5.11 Å². The van der Waals surface area contributed by atoms with E-state index in [2.05, 4.69) is 20.9 Å². The highest BCUT2D eigenvalue weighted by atomic mass is 32.2. The average Bonchev–Trinajstić information content (AvgIpc) is 2.87. The Kier molecular flexibility index (Phi) is 4.98. The summed E-state index contributed by atoms with van der Waals surface area (Å²) < 4.78 is 3.90. The number of aliphatic carboxylic acids is 1. The van der Waals surface area contributed by atoms with E-state index >= 15 is 0 Å². The molecule has 0 aromatic carbocycles. The van der Waals surface area contributed by atoms with Gasteiger partial charge >= 0.3 is 5.97 Å². The number of nitrogens with zero attached hydrogens (tertiary/aromatic N) is 4. The minimum atomic E-state index is -0.826. The second kappa shape index (κ2) is 6.53. The summed E-state index contributed by atoms with van der Waals surface area (Å²) in [4.78, 5) is 15.3. The van der Waals surface area contributed by atoms with Crippen LogP contribution >= 0.6 is 23.5 Å². The van der Waals surface area contributed by atoms with Crippen molar-refractivity contribution in [2.45, 2.75) is 25.0 Å². The first-order valence-corrected chi connectivity index (χ1v) is 8.66. The molecule has 0 saturated heterocycles. The van der Waals surface area contributed by atoms with Crippen LogP contribution in [0.5, 0.6) is 0 Å². The van der Waals surface area contributed by atoms with Gasteiger partial charge in [-0.25, -0.2) is 4.98 Å².